The minimum Gasteiger partial charge on any atom is -0.480 e. The molecule has 0 aromatic rings. The number of likely N-dealkylation sites (N-methyl/N-ethyl adjacent to an activating group) is 1. The van der Waals surface area contributed by atoms with Crippen molar-refractivity contribution in [1.82, 2.24) is 9.80 Å². The van der Waals surface area contributed by atoms with Crippen molar-refractivity contribution >= 4 is 5.97 Å². The van der Waals surface area contributed by atoms with Crippen LogP contribution in [0, 0.1) is 0 Å². The molecule has 0 bridgehead atoms. The van der Waals surface area contributed by atoms with E-state index in [1.807, 2.05) is 19.0 Å². The molecule has 1 aliphatic heterocycles. The van der Waals surface area contributed by atoms with Crippen molar-refractivity contribution in [3.05, 3.63) is 0 Å². The number of likely N-dealkylation sites (tertiary alicyclic amines) is 1. The number of carboxylic acids is 1. The average molecular weight is 214 g/mol. The smallest absolute Gasteiger partial charge is 0.324 e. The van der Waals surface area contributed by atoms with E-state index in [4.69, 9.17) is 0 Å². The number of nitrogens with zero attached hydrogens (tertiary/aromatic N) is 2. The Labute approximate surface area is 91.9 Å². The first-order valence-corrected chi connectivity index (χ1v) is 5.55. The van der Waals surface area contributed by atoms with Gasteiger partial charge < -0.3 is 10.0 Å². The zero-order valence-electron chi connectivity index (χ0n) is 10.2. The van der Waals surface area contributed by atoms with Gasteiger partial charge in [-0.15, -0.1) is 0 Å². The molecule has 0 aromatic heterocycles. The molecule has 1 saturated heterocycles. The number of rotatable bonds is 3. The maximum Gasteiger partial charge on any atom is 0.324 e. The maximum absolute atomic E-state index is 11.3. The van der Waals surface area contributed by atoms with Crippen molar-refractivity contribution in [2.45, 2.75) is 38.3 Å². The van der Waals surface area contributed by atoms with E-state index in [2.05, 4.69) is 18.7 Å². The van der Waals surface area contributed by atoms with Gasteiger partial charge in [0.2, 0.25) is 0 Å². The van der Waals surface area contributed by atoms with Crippen LogP contribution in [0.4, 0.5) is 0 Å². The summed E-state index contributed by atoms with van der Waals surface area (Å²) in [6.07, 6.45) is 1.43. The van der Waals surface area contributed by atoms with Crippen molar-refractivity contribution in [3.63, 3.8) is 0 Å². The standard InChI is InChI=1S/C11H22N2O2/c1-9(2)13-7-5-11(6-8-13,10(14)15)12(3)4/h9H,5-8H2,1-4H3,(H,14,15). The first-order chi connectivity index (χ1) is 6.90. The van der Waals surface area contributed by atoms with Gasteiger partial charge >= 0.3 is 5.97 Å². The van der Waals surface area contributed by atoms with Crippen LogP contribution in [-0.4, -0.2) is 59.6 Å². The molecule has 0 unspecified atom stereocenters. The number of piperidine rings is 1. The zero-order chi connectivity index (χ0) is 11.6. The van der Waals surface area contributed by atoms with Crippen molar-refractivity contribution in [2.24, 2.45) is 0 Å². The molecule has 0 atom stereocenters. The summed E-state index contributed by atoms with van der Waals surface area (Å²) in [7, 11) is 3.72. The van der Waals surface area contributed by atoms with Crippen LogP contribution >= 0.6 is 0 Å². The highest BCUT2D eigenvalue weighted by molar-refractivity contribution is 5.78. The summed E-state index contributed by atoms with van der Waals surface area (Å²) in [5, 5.41) is 9.32. The Morgan fingerprint density at radius 2 is 1.80 bits per heavy atom. The molecule has 1 aliphatic rings. The SMILES string of the molecule is CC(C)N1CCC(C(=O)O)(N(C)C)CC1. The van der Waals surface area contributed by atoms with Gasteiger partial charge in [-0.25, -0.2) is 0 Å². The highest BCUT2D eigenvalue weighted by atomic mass is 16.4. The van der Waals surface area contributed by atoms with E-state index in [9.17, 15) is 9.90 Å². The predicted molar refractivity (Wildman–Crippen MR) is 60.0 cm³/mol. The Morgan fingerprint density at radius 1 is 1.33 bits per heavy atom. The minimum absolute atomic E-state index is 0.513. The summed E-state index contributed by atoms with van der Waals surface area (Å²) in [6, 6.07) is 0.513. The largest absolute Gasteiger partial charge is 0.480 e. The van der Waals surface area contributed by atoms with E-state index in [0.29, 0.717) is 18.9 Å². The number of hydrogen-bond donors (Lipinski definition) is 1. The van der Waals surface area contributed by atoms with Crippen LogP contribution in [0.15, 0.2) is 0 Å². The number of hydrogen-bond acceptors (Lipinski definition) is 3. The summed E-state index contributed by atoms with van der Waals surface area (Å²) in [6.45, 7) is 6.07. The Hall–Kier alpha value is -0.610. The molecule has 1 heterocycles. The highest BCUT2D eigenvalue weighted by Gasteiger charge is 2.43. The molecule has 1 fully saturated rings. The summed E-state index contributed by atoms with van der Waals surface area (Å²) in [5.74, 6) is -0.684. The van der Waals surface area contributed by atoms with Gasteiger partial charge in [-0.3, -0.25) is 9.69 Å². The first-order valence-electron chi connectivity index (χ1n) is 5.55. The third kappa shape index (κ3) is 2.32. The van der Waals surface area contributed by atoms with Gasteiger partial charge in [-0.2, -0.15) is 0 Å². The quantitative estimate of drug-likeness (QED) is 0.757. The molecule has 0 amide bonds. The predicted octanol–water partition coefficient (Wildman–Crippen LogP) is 0.876. The Balaban J connectivity index is 2.70. The topological polar surface area (TPSA) is 43.8 Å². The van der Waals surface area contributed by atoms with Crippen LogP contribution in [0.25, 0.3) is 0 Å². The Kier molecular flexibility index (Phi) is 3.73. The van der Waals surface area contributed by atoms with E-state index < -0.39 is 11.5 Å². The molecule has 0 radical (unpaired) electrons. The average Bonchev–Trinajstić information content (AvgIpc) is 2.17. The van der Waals surface area contributed by atoms with Gasteiger partial charge in [-0.1, -0.05) is 0 Å². The van der Waals surface area contributed by atoms with Gasteiger partial charge in [0, 0.05) is 19.1 Å². The summed E-state index contributed by atoms with van der Waals surface area (Å²) in [4.78, 5) is 15.5. The lowest BCUT2D eigenvalue weighted by Gasteiger charge is -2.44. The van der Waals surface area contributed by atoms with Crippen LogP contribution < -0.4 is 0 Å². The fourth-order valence-electron chi connectivity index (χ4n) is 2.26. The molecule has 0 aromatic carbocycles. The second kappa shape index (κ2) is 4.49. The van der Waals surface area contributed by atoms with Crippen molar-refractivity contribution < 1.29 is 9.90 Å². The van der Waals surface area contributed by atoms with Gasteiger partial charge in [0.15, 0.2) is 0 Å². The van der Waals surface area contributed by atoms with Crippen LogP contribution in [0.3, 0.4) is 0 Å². The van der Waals surface area contributed by atoms with Crippen LogP contribution in [0.5, 0.6) is 0 Å². The van der Waals surface area contributed by atoms with Crippen LogP contribution in [-0.2, 0) is 4.79 Å². The van der Waals surface area contributed by atoms with Gasteiger partial charge in [0.1, 0.15) is 5.54 Å². The normalized spacial score (nSPS) is 22.3. The third-order valence-corrected chi connectivity index (χ3v) is 3.61. The lowest BCUT2D eigenvalue weighted by atomic mass is 9.86. The second-order valence-electron chi connectivity index (χ2n) is 4.86. The summed E-state index contributed by atoms with van der Waals surface area (Å²) < 4.78 is 0. The van der Waals surface area contributed by atoms with Crippen molar-refractivity contribution in [2.75, 3.05) is 27.2 Å². The fourth-order valence-corrected chi connectivity index (χ4v) is 2.26. The van der Waals surface area contributed by atoms with E-state index in [-0.39, 0.29) is 0 Å². The monoisotopic (exact) mass is 214 g/mol. The molecule has 15 heavy (non-hydrogen) atoms. The molecular weight excluding hydrogens is 192 g/mol. The maximum atomic E-state index is 11.3. The van der Waals surface area contributed by atoms with Crippen molar-refractivity contribution in [3.8, 4) is 0 Å². The molecule has 1 rings (SSSR count). The molecule has 4 heteroatoms. The first kappa shape index (κ1) is 12.5. The van der Waals surface area contributed by atoms with E-state index in [1.165, 1.54) is 0 Å². The Bertz CT molecular complexity index is 231. The lowest BCUT2D eigenvalue weighted by molar-refractivity contribution is -0.153. The number of aliphatic carboxylic acids is 1. The third-order valence-electron chi connectivity index (χ3n) is 3.61. The summed E-state index contributed by atoms with van der Waals surface area (Å²) in [5.41, 5.74) is -0.647. The lowest BCUT2D eigenvalue weighted by Crippen LogP contribution is -2.58. The fraction of sp³-hybridized carbons (Fsp3) is 0.909. The van der Waals surface area contributed by atoms with Gasteiger partial charge in [-0.05, 0) is 40.8 Å². The van der Waals surface area contributed by atoms with Crippen LogP contribution in [0.2, 0.25) is 0 Å². The number of carbonyl (C=O) groups is 1. The van der Waals surface area contributed by atoms with E-state index in [1.54, 1.807) is 0 Å². The zero-order valence-corrected chi connectivity index (χ0v) is 10.2. The minimum atomic E-state index is -0.684. The van der Waals surface area contributed by atoms with Gasteiger partial charge in [0.25, 0.3) is 0 Å². The Morgan fingerprint density at radius 3 is 2.07 bits per heavy atom. The molecule has 0 saturated carbocycles. The summed E-state index contributed by atoms with van der Waals surface area (Å²) >= 11 is 0. The molecule has 4 nitrogen and oxygen atoms in total. The molecule has 0 aliphatic carbocycles. The molecular formula is C11H22N2O2. The van der Waals surface area contributed by atoms with Gasteiger partial charge in [0.05, 0.1) is 0 Å². The molecule has 88 valence electrons. The molecule has 1 N–H and O–H groups in total. The number of carboxylic acid groups (broad SMARTS) is 1. The van der Waals surface area contributed by atoms with Crippen molar-refractivity contribution in [1.29, 1.82) is 0 Å². The highest BCUT2D eigenvalue weighted by Crippen LogP contribution is 2.28. The van der Waals surface area contributed by atoms with E-state index in [0.717, 1.165) is 13.1 Å². The van der Waals surface area contributed by atoms with E-state index >= 15 is 0 Å². The molecule has 0 spiro atoms. The van der Waals surface area contributed by atoms with Crippen LogP contribution in [0.1, 0.15) is 26.7 Å². The second-order valence-corrected chi connectivity index (χ2v) is 4.86.